The van der Waals surface area contributed by atoms with E-state index < -0.39 is 20.1 Å². The molecule has 0 bridgehead atoms. The molecule has 11 heteroatoms. The Morgan fingerprint density at radius 1 is 0.912 bits per heavy atom. The number of nitrogens with zero attached hydrogens (tertiary/aromatic N) is 1. The summed E-state index contributed by atoms with van der Waals surface area (Å²) in [6.45, 7) is 5.73. The topological polar surface area (TPSA) is 111 Å². The predicted molar refractivity (Wildman–Crippen MR) is 138 cm³/mol. The lowest BCUT2D eigenvalue weighted by Gasteiger charge is -2.14. The van der Waals surface area contributed by atoms with Gasteiger partial charge in [-0.1, -0.05) is 35.4 Å². The van der Waals surface area contributed by atoms with Gasteiger partial charge in [-0.25, -0.2) is 4.83 Å². The fourth-order valence-corrected chi connectivity index (χ4v) is 5.44. The first kappa shape index (κ1) is 26.0. The second-order valence-corrected chi connectivity index (χ2v) is 11.6. The van der Waals surface area contributed by atoms with Gasteiger partial charge in [-0.05, 0) is 85.3 Å². The molecule has 0 fully saturated rings. The van der Waals surface area contributed by atoms with Crippen molar-refractivity contribution in [3.05, 3.63) is 80.9 Å². The molecule has 0 spiro atoms. The molecule has 0 saturated heterocycles. The van der Waals surface area contributed by atoms with Crippen LogP contribution in [0.3, 0.4) is 0 Å². The van der Waals surface area contributed by atoms with Gasteiger partial charge in [-0.3, -0.25) is 0 Å². The van der Waals surface area contributed by atoms with Crippen molar-refractivity contribution >= 4 is 48.9 Å². The average molecular weight is 614 g/mol. The van der Waals surface area contributed by atoms with E-state index in [1.165, 1.54) is 36.5 Å². The zero-order valence-corrected chi connectivity index (χ0v) is 22.4. The van der Waals surface area contributed by atoms with E-state index >= 15 is 0 Å². The first-order valence-corrected chi connectivity index (χ1v) is 14.1. The number of hydrazone groups is 1. The van der Waals surface area contributed by atoms with Gasteiger partial charge in [0, 0.05) is 0 Å². The van der Waals surface area contributed by atoms with Gasteiger partial charge in [0.2, 0.25) is 0 Å². The molecule has 0 aliphatic carbocycles. The SMILES string of the molecule is CCOc1cc(/C=N\NS(=O)(=O)c2ccc(C)cc2)cc(I)c1OS(=O)(=O)c1ccc(C)cc1. The Morgan fingerprint density at radius 2 is 1.47 bits per heavy atom. The third kappa shape index (κ3) is 6.48. The van der Waals surface area contributed by atoms with Crippen molar-refractivity contribution in [2.75, 3.05) is 6.61 Å². The number of ether oxygens (including phenoxy) is 1. The maximum Gasteiger partial charge on any atom is 0.339 e. The summed E-state index contributed by atoms with van der Waals surface area (Å²) in [5.74, 6) is 0.230. The van der Waals surface area contributed by atoms with Crippen LogP contribution in [0.5, 0.6) is 11.5 Å². The Kier molecular flexibility index (Phi) is 8.21. The molecule has 0 saturated carbocycles. The minimum atomic E-state index is -4.09. The number of halogens is 1. The van der Waals surface area contributed by atoms with Gasteiger partial charge in [-0.15, -0.1) is 0 Å². The molecule has 8 nitrogen and oxygen atoms in total. The van der Waals surface area contributed by atoms with E-state index in [-0.39, 0.29) is 27.9 Å². The van der Waals surface area contributed by atoms with E-state index in [4.69, 9.17) is 8.92 Å². The zero-order valence-electron chi connectivity index (χ0n) is 18.6. The first-order valence-electron chi connectivity index (χ1n) is 10.1. The van der Waals surface area contributed by atoms with Gasteiger partial charge >= 0.3 is 10.1 Å². The molecule has 0 radical (unpaired) electrons. The Labute approximate surface area is 213 Å². The van der Waals surface area contributed by atoms with Crippen molar-refractivity contribution < 1.29 is 25.8 Å². The van der Waals surface area contributed by atoms with Gasteiger partial charge in [-0.2, -0.15) is 21.9 Å². The molecule has 0 amide bonds. The van der Waals surface area contributed by atoms with E-state index in [0.29, 0.717) is 9.13 Å². The smallest absolute Gasteiger partial charge is 0.339 e. The molecular formula is C23H23IN2O6S2. The van der Waals surface area contributed by atoms with Gasteiger partial charge in [0.25, 0.3) is 10.0 Å². The predicted octanol–water partition coefficient (Wildman–Crippen LogP) is 4.39. The lowest BCUT2D eigenvalue weighted by molar-refractivity contribution is 0.327. The minimum Gasteiger partial charge on any atom is -0.490 e. The van der Waals surface area contributed by atoms with Crippen LogP contribution in [0.2, 0.25) is 0 Å². The highest BCUT2D eigenvalue weighted by Gasteiger charge is 2.22. The largest absolute Gasteiger partial charge is 0.490 e. The molecule has 34 heavy (non-hydrogen) atoms. The van der Waals surface area contributed by atoms with Crippen LogP contribution in [-0.4, -0.2) is 29.7 Å². The Hall–Kier alpha value is -2.64. The van der Waals surface area contributed by atoms with E-state index in [9.17, 15) is 16.8 Å². The van der Waals surface area contributed by atoms with Gasteiger partial charge in [0.15, 0.2) is 11.5 Å². The molecule has 3 aromatic rings. The van der Waals surface area contributed by atoms with Gasteiger partial charge < -0.3 is 8.92 Å². The lowest BCUT2D eigenvalue weighted by Crippen LogP contribution is -2.18. The number of aryl methyl sites for hydroxylation is 2. The summed E-state index contributed by atoms with van der Waals surface area (Å²) in [5, 5.41) is 3.83. The third-order valence-electron chi connectivity index (χ3n) is 4.55. The van der Waals surface area contributed by atoms with Crippen LogP contribution in [-0.2, 0) is 20.1 Å². The van der Waals surface area contributed by atoms with Gasteiger partial charge in [0.1, 0.15) is 4.90 Å². The Bertz CT molecular complexity index is 1400. The van der Waals surface area contributed by atoms with E-state index in [1.807, 2.05) is 36.4 Å². The molecular weight excluding hydrogens is 591 g/mol. The van der Waals surface area contributed by atoms with E-state index in [2.05, 4.69) is 9.93 Å². The van der Waals surface area contributed by atoms with Crippen LogP contribution >= 0.6 is 22.6 Å². The van der Waals surface area contributed by atoms with Crippen molar-refractivity contribution in [2.45, 2.75) is 30.6 Å². The van der Waals surface area contributed by atoms with Crippen LogP contribution in [0.1, 0.15) is 23.6 Å². The minimum absolute atomic E-state index is 0.0208. The van der Waals surface area contributed by atoms with Crippen molar-refractivity contribution in [3.8, 4) is 11.5 Å². The van der Waals surface area contributed by atoms with Crippen molar-refractivity contribution in [3.63, 3.8) is 0 Å². The van der Waals surface area contributed by atoms with Crippen LogP contribution < -0.4 is 13.8 Å². The molecule has 3 aromatic carbocycles. The Balaban J connectivity index is 1.85. The molecule has 0 atom stereocenters. The number of benzene rings is 3. The first-order chi connectivity index (χ1) is 16.0. The molecule has 3 rings (SSSR count). The zero-order chi connectivity index (χ0) is 24.9. The summed E-state index contributed by atoms with van der Waals surface area (Å²) in [6, 6.07) is 15.8. The second-order valence-electron chi connectivity index (χ2n) is 7.28. The summed E-state index contributed by atoms with van der Waals surface area (Å²) in [7, 11) is -7.92. The van der Waals surface area contributed by atoms with Crippen LogP contribution in [0.25, 0.3) is 0 Å². The summed E-state index contributed by atoms with van der Waals surface area (Å²) in [4.78, 5) is 2.27. The van der Waals surface area contributed by atoms with Crippen molar-refractivity contribution in [1.29, 1.82) is 0 Å². The van der Waals surface area contributed by atoms with Gasteiger partial charge in [0.05, 0.1) is 21.3 Å². The van der Waals surface area contributed by atoms with Crippen LogP contribution in [0.4, 0.5) is 0 Å². The van der Waals surface area contributed by atoms with Crippen LogP contribution in [0, 0.1) is 17.4 Å². The highest BCUT2D eigenvalue weighted by Crippen LogP contribution is 2.36. The summed E-state index contributed by atoms with van der Waals surface area (Å²) in [5.41, 5.74) is 2.34. The molecule has 0 aliphatic heterocycles. The third-order valence-corrected chi connectivity index (χ3v) is 7.83. The molecule has 0 heterocycles. The molecule has 180 valence electrons. The Morgan fingerprint density at radius 3 is 2.03 bits per heavy atom. The summed E-state index contributed by atoms with van der Waals surface area (Å²) >= 11 is 1.93. The number of hydrogen-bond donors (Lipinski definition) is 1. The molecule has 1 N–H and O–H groups in total. The summed E-state index contributed by atoms with van der Waals surface area (Å²) in [6.07, 6.45) is 1.30. The molecule has 0 aliphatic rings. The normalized spacial score (nSPS) is 12.0. The maximum absolute atomic E-state index is 12.8. The van der Waals surface area contributed by atoms with Crippen LogP contribution in [0.15, 0.2) is 75.6 Å². The van der Waals surface area contributed by atoms with Crippen molar-refractivity contribution in [2.24, 2.45) is 5.10 Å². The number of nitrogens with one attached hydrogen (secondary N) is 1. The van der Waals surface area contributed by atoms with Crippen molar-refractivity contribution in [1.82, 2.24) is 4.83 Å². The second kappa shape index (κ2) is 10.7. The molecule has 0 unspecified atom stereocenters. The quantitative estimate of drug-likeness (QED) is 0.166. The number of rotatable bonds is 9. The average Bonchev–Trinajstić information content (AvgIpc) is 2.77. The fraction of sp³-hybridized carbons (Fsp3) is 0.174. The molecule has 0 aromatic heterocycles. The maximum atomic E-state index is 12.8. The van der Waals surface area contributed by atoms with E-state index in [1.54, 1.807) is 37.3 Å². The standard InChI is InChI=1S/C23H23IN2O6S2/c1-4-31-22-14-18(15-25-26-33(27,28)19-9-5-16(2)6-10-19)13-21(24)23(22)32-34(29,30)20-11-7-17(3)8-12-20/h5-15,26H,4H2,1-3H3/b25-15-. The fourth-order valence-electron chi connectivity index (χ4n) is 2.81. The van der Waals surface area contributed by atoms with E-state index in [0.717, 1.165) is 11.1 Å². The summed E-state index contributed by atoms with van der Waals surface area (Å²) < 4.78 is 61.8. The lowest BCUT2D eigenvalue weighted by atomic mass is 10.2. The number of sulfonamides is 1. The monoisotopic (exact) mass is 614 g/mol. The highest BCUT2D eigenvalue weighted by molar-refractivity contribution is 14.1. The highest BCUT2D eigenvalue weighted by atomic mass is 127. The number of hydrogen-bond acceptors (Lipinski definition) is 7.